The van der Waals surface area contributed by atoms with Crippen molar-refractivity contribution in [1.29, 1.82) is 5.41 Å². The number of hydrogen-bond acceptors (Lipinski definition) is 3. The van der Waals surface area contributed by atoms with E-state index in [1.54, 1.807) is 24.3 Å². The second-order valence-corrected chi connectivity index (χ2v) is 4.72. The largest absolute Gasteiger partial charge is 0.432 e. The molecule has 0 unspecified atom stereocenters. The van der Waals surface area contributed by atoms with Crippen LogP contribution in [0.2, 0.25) is 0 Å². The van der Waals surface area contributed by atoms with E-state index in [1.807, 2.05) is 0 Å². The van der Waals surface area contributed by atoms with Gasteiger partial charge >= 0.3 is 6.18 Å². The van der Waals surface area contributed by atoms with E-state index in [-0.39, 0.29) is 5.70 Å². The summed E-state index contributed by atoms with van der Waals surface area (Å²) < 4.78 is 50.8. The molecule has 120 valence electrons. The molecule has 0 amide bonds. The van der Waals surface area contributed by atoms with Gasteiger partial charge in [0.25, 0.3) is 0 Å². The van der Waals surface area contributed by atoms with Gasteiger partial charge in [0.2, 0.25) is 0 Å². The van der Waals surface area contributed by atoms with E-state index in [2.05, 4.69) is 5.32 Å². The number of nitrogen functional groups attached to an aromatic ring is 1. The van der Waals surface area contributed by atoms with Crippen molar-refractivity contribution in [3.8, 4) is 0 Å². The van der Waals surface area contributed by atoms with Gasteiger partial charge in [-0.15, -0.1) is 0 Å². The molecule has 0 aliphatic heterocycles. The summed E-state index contributed by atoms with van der Waals surface area (Å²) in [5.41, 5.74) is 5.38. The van der Waals surface area contributed by atoms with Crippen LogP contribution in [-0.4, -0.2) is 11.9 Å². The number of rotatable bonds is 4. The fourth-order valence-electron chi connectivity index (χ4n) is 1.77. The third kappa shape index (κ3) is 4.57. The highest BCUT2D eigenvalue weighted by atomic mass is 19.4. The molecule has 0 saturated heterocycles. The monoisotopic (exact) mass is 323 g/mol. The number of halogens is 4. The smallest absolute Gasteiger partial charge is 0.399 e. The molecule has 0 atom stereocenters. The highest BCUT2D eigenvalue weighted by Crippen LogP contribution is 2.24. The molecule has 0 aliphatic carbocycles. The fraction of sp³-hybridized carbons (Fsp3) is 0.0625. The molecule has 0 saturated carbocycles. The standard InChI is InChI=1S/C16H13F4N3/c17-11-3-1-10(2-4-11)14(9-15(22)16(18,19)20)23-13-7-5-12(21)6-8-13/h1-9,22-23H,21H2/b14-9-,22-15?. The molecule has 0 heterocycles. The molecule has 0 radical (unpaired) electrons. The average molecular weight is 323 g/mol. The minimum absolute atomic E-state index is 0.0251. The summed E-state index contributed by atoms with van der Waals surface area (Å²) in [6.45, 7) is 0. The zero-order valence-electron chi connectivity index (χ0n) is 11.8. The highest BCUT2D eigenvalue weighted by Gasteiger charge is 2.33. The van der Waals surface area contributed by atoms with Crippen LogP contribution in [0.5, 0.6) is 0 Å². The average Bonchev–Trinajstić information content (AvgIpc) is 2.48. The van der Waals surface area contributed by atoms with E-state index in [4.69, 9.17) is 11.1 Å². The molecule has 4 N–H and O–H groups in total. The normalized spacial score (nSPS) is 12.1. The minimum Gasteiger partial charge on any atom is -0.399 e. The van der Waals surface area contributed by atoms with E-state index < -0.39 is 17.7 Å². The van der Waals surface area contributed by atoms with E-state index in [9.17, 15) is 17.6 Å². The summed E-state index contributed by atoms with van der Waals surface area (Å²) in [6, 6.07) is 11.3. The summed E-state index contributed by atoms with van der Waals surface area (Å²) in [6.07, 6.45) is -4.11. The van der Waals surface area contributed by atoms with Crippen LogP contribution in [0.15, 0.2) is 54.6 Å². The Morgan fingerprint density at radius 1 is 1.00 bits per heavy atom. The molecule has 0 bridgehead atoms. The molecule has 0 aliphatic rings. The molecular weight excluding hydrogens is 310 g/mol. The first-order valence-corrected chi connectivity index (χ1v) is 6.51. The summed E-state index contributed by atoms with van der Waals surface area (Å²) in [5, 5.41) is 9.91. The Labute approximate surface area is 129 Å². The van der Waals surface area contributed by atoms with Crippen LogP contribution in [0, 0.1) is 11.2 Å². The Kier molecular flexibility index (Phi) is 4.68. The fourth-order valence-corrected chi connectivity index (χ4v) is 1.77. The second-order valence-electron chi connectivity index (χ2n) is 4.72. The summed E-state index contributed by atoms with van der Waals surface area (Å²) in [5.74, 6) is -0.508. The van der Waals surface area contributed by atoms with Crippen molar-refractivity contribution in [1.82, 2.24) is 0 Å². The maximum Gasteiger partial charge on any atom is 0.432 e. The molecule has 0 fully saturated rings. The number of anilines is 2. The van der Waals surface area contributed by atoms with Gasteiger partial charge in [-0.2, -0.15) is 13.2 Å². The molecular formula is C16H13F4N3. The Hall–Kier alpha value is -2.83. The van der Waals surface area contributed by atoms with Crippen molar-refractivity contribution < 1.29 is 17.6 Å². The number of nitrogens with two attached hydrogens (primary N) is 1. The first-order chi connectivity index (χ1) is 10.8. The van der Waals surface area contributed by atoms with Gasteiger partial charge in [-0.25, -0.2) is 4.39 Å². The van der Waals surface area contributed by atoms with Gasteiger partial charge in [-0.3, -0.25) is 5.41 Å². The van der Waals surface area contributed by atoms with Gasteiger partial charge in [0.05, 0.1) is 0 Å². The number of alkyl halides is 3. The summed E-state index contributed by atoms with van der Waals surface area (Å²) >= 11 is 0. The van der Waals surface area contributed by atoms with Crippen molar-refractivity contribution in [3.05, 3.63) is 66.0 Å². The molecule has 2 rings (SSSR count). The third-order valence-corrected chi connectivity index (χ3v) is 2.94. The first kappa shape index (κ1) is 16.5. The van der Waals surface area contributed by atoms with E-state index >= 15 is 0 Å². The molecule has 23 heavy (non-hydrogen) atoms. The predicted molar refractivity (Wildman–Crippen MR) is 82.6 cm³/mol. The minimum atomic E-state index is -4.77. The molecule has 3 nitrogen and oxygen atoms in total. The summed E-state index contributed by atoms with van der Waals surface area (Å²) in [4.78, 5) is 0. The van der Waals surface area contributed by atoms with Crippen molar-refractivity contribution in [2.45, 2.75) is 6.18 Å². The highest BCUT2D eigenvalue weighted by molar-refractivity contribution is 6.03. The molecule has 0 aromatic heterocycles. The molecule has 0 spiro atoms. The van der Waals surface area contributed by atoms with Crippen LogP contribution in [-0.2, 0) is 0 Å². The predicted octanol–water partition coefficient (Wildman–Crippen LogP) is 4.44. The maximum absolute atomic E-state index is 13.0. The van der Waals surface area contributed by atoms with Crippen molar-refractivity contribution in [2.24, 2.45) is 0 Å². The van der Waals surface area contributed by atoms with Crippen molar-refractivity contribution >= 4 is 22.8 Å². The lowest BCUT2D eigenvalue weighted by Gasteiger charge is -2.13. The SMILES string of the molecule is N=C(/C=C(\Nc1ccc(N)cc1)c1ccc(F)cc1)C(F)(F)F. The van der Waals surface area contributed by atoms with Gasteiger partial charge < -0.3 is 11.1 Å². The number of nitrogens with one attached hydrogen (secondary N) is 2. The van der Waals surface area contributed by atoms with E-state index in [0.717, 1.165) is 12.1 Å². The summed E-state index contributed by atoms with van der Waals surface area (Å²) in [7, 11) is 0. The van der Waals surface area contributed by atoms with Crippen molar-refractivity contribution in [2.75, 3.05) is 11.1 Å². The van der Waals surface area contributed by atoms with Crippen LogP contribution in [0.3, 0.4) is 0 Å². The van der Waals surface area contributed by atoms with E-state index in [0.29, 0.717) is 23.0 Å². The molecule has 2 aromatic carbocycles. The maximum atomic E-state index is 13.0. The van der Waals surface area contributed by atoms with Gasteiger partial charge in [0.15, 0.2) is 0 Å². The molecule has 7 heteroatoms. The van der Waals surface area contributed by atoms with Gasteiger partial charge in [-0.05, 0) is 60.2 Å². The second kappa shape index (κ2) is 6.51. The zero-order chi connectivity index (χ0) is 17.0. The van der Waals surface area contributed by atoms with Crippen LogP contribution < -0.4 is 11.1 Å². The Morgan fingerprint density at radius 3 is 2.09 bits per heavy atom. The Balaban J connectivity index is 2.38. The lowest BCUT2D eigenvalue weighted by atomic mass is 10.1. The van der Waals surface area contributed by atoms with Gasteiger partial charge in [0, 0.05) is 17.1 Å². The lowest BCUT2D eigenvalue weighted by molar-refractivity contribution is -0.0583. The quantitative estimate of drug-likeness (QED) is 0.442. The lowest BCUT2D eigenvalue weighted by Crippen LogP contribution is -2.20. The van der Waals surface area contributed by atoms with Gasteiger partial charge in [-0.1, -0.05) is 0 Å². The number of allylic oxidation sites excluding steroid dienone is 1. The van der Waals surface area contributed by atoms with Crippen LogP contribution in [0.4, 0.5) is 28.9 Å². The molecule has 2 aromatic rings. The van der Waals surface area contributed by atoms with Gasteiger partial charge in [0.1, 0.15) is 11.5 Å². The van der Waals surface area contributed by atoms with Crippen LogP contribution >= 0.6 is 0 Å². The Bertz CT molecular complexity index is 716. The van der Waals surface area contributed by atoms with E-state index in [1.165, 1.54) is 12.1 Å². The number of benzene rings is 2. The van der Waals surface area contributed by atoms with Crippen LogP contribution in [0.1, 0.15) is 5.56 Å². The number of hydrogen-bond donors (Lipinski definition) is 3. The first-order valence-electron chi connectivity index (χ1n) is 6.51. The third-order valence-electron chi connectivity index (χ3n) is 2.94. The van der Waals surface area contributed by atoms with Crippen molar-refractivity contribution in [3.63, 3.8) is 0 Å². The zero-order valence-corrected chi connectivity index (χ0v) is 11.8. The van der Waals surface area contributed by atoms with Crippen LogP contribution in [0.25, 0.3) is 5.70 Å². The Morgan fingerprint density at radius 2 is 1.57 bits per heavy atom. The topological polar surface area (TPSA) is 61.9 Å².